The predicted molar refractivity (Wildman–Crippen MR) is 58.3 cm³/mol. The maximum absolute atomic E-state index is 10.6. The van der Waals surface area contributed by atoms with E-state index in [0.29, 0.717) is 12.4 Å². The molecule has 0 fully saturated rings. The lowest BCUT2D eigenvalue weighted by atomic mass is 10.2. The van der Waals surface area contributed by atoms with Crippen LogP contribution in [-0.4, -0.2) is 17.7 Å². The highest BCUT2D eigenvalue weighted by atomic mass is 16.5. The number of aromatic carboxylic acids is 1. The monoisotopic (exact) mass is 206 g/mol. The van der Waals surface area contributed by atoms with Gasteiger partial charge in [-0.15, -0.1) is 0 Å². The van der Waals surface area contributed by atoms with Crippen LogP contribution in [0.1, 0.15) is 23.7 Å². The first-order chi connectivity index (χ1) is 7.13. The zero-order chi connectivity index (χ0) is 11.3. The fourth-order valence-corrected chi connectivity index (χ4v) is 0.981. The highest BCUT2D eigenvalue weighted by Crippen LogP contribution is 2.13. The van der Waals surface area contributed by atoms with Crippen molar-refractivity contribution >= 4 is 5.97 Å². The number of carbonyl (C=O) groups is 1. The van der Waals surface area contributed by atoms with Crippen molar-refractivity contribution in [1.29, 1.82) is 0 Å². The molecular weight excluding hydrogens is 192 g/mol. The molecule has 0 radical (unpaired) electrons. The molecule has 0 aliphatic heterocycles. The Morgan fingerprint density at radius 2 is 2.00 bits per heavy atom. The molecule has 0 unspecified atom stereocenters. The molecule has 1 N–H and O–H groups in total. The third-order valence-electron chi connectivity index (χ3n) is 2.04. The maximum atomic E-state index is 10.6. The second kappa shape index (κ2) is 5.20. The van der Waals surface area contributed by atoms with Crippen LogP contribution >= 0.6 is 0 Å². The summed E-state index contributed by atoms with van der Waals surface area (Å²) < 4.78 is 5.40. The Hall–Kier alpha value is -1.77. The van der Waals surface area contributed by atoms with Gasteiger partial charge in [0.05, 0.1) is 5.56 Å². The summed E-state index contributed by atoms with van der Waals surface area (Å²) in [5.41, 5.74) is 1.27. The first-order valence-electron chi connectivity index (χ1n) is 4.76. The Balaban J connectivity index is 2.57. The maximum Gasteiger partial charge on any atom is 0.335 e. The van der Waals surface area contributed by atoms with Crippen molar-refractivity contribution in [3.8, 4) is 5.75 Å². The molecule has 0 aromatic heterocycles. The molecule has 0 heterocycles. The average Bonchev–Trinajstić information content (AvgIpc) is 2.26. The summed E-state index contributed by atoms with van der Waals surface area (Å²) in [5.74, 6) is -0.269. The number of carboxylic acid groups (broad SMARTS) is 1. The second-order valence-electron chi connectivity index (χ2n) is 3.22. The van der Waals surface area contributed by atoms with E-state index in [2.05, 4.69) is 6.58 Å². The van der Waals surface area contributed by atoms with Crippen LogP contribution in [0.15, 0.2) is 36.4 Å². The molecule has 3 nitrogen and oxygen atoms in total. The van der Waals surface area contributed by atoms with Crippen LogP contribution in [0, 0.1) is 0 Å². The van der Waals surface area contributed by atoms with Gasteiger partial charge in [0.25, 0.3) is 0 Å². The van der Waals surface area contributed by atoms with Gasteiger partial charge in [-0.3, -0.25) is 0 Å². The van der Waals surface area contributed by atoms with E-state index in [4.69, 9.17) is 9.84 Å². The smallest absolute Gasteiger partial charge is 0.335 e. The zero-order valence-corrected chi connectivity index (χ0v) is 8.69. The van der Waals surface area contributed by atoms with Crippen molar-refractivity contribution in [3.05, 3.63) is 42.0 Å². The number of hydrogen-bond acceptors (Lipinski definition) is 2. The van der Waals surface area contributed by atoms with Crippen LogP contribution < -0.4 is 4.74 Å². The minimum atomic E-state index is -0.931. The molecule has 0 saturated heterocycles. The first-order valence-corrected chi connectivity index (χ1v) is 4.76. The van der Waals surface area contributed by atoms with Crippen LogP contribution in [0.4, 0.5) is 0 Å². The Kier molecular flexibility index (Phi) is 3.92. The normalized spacial score (nSPS) is 9.67. The number of hydrogen-bond donors (Lipinski definition) is 1. The molecule has 80 valence electrons. The van der Waals surface area contributed by atoms with Gasteiger partial charge in [0, 0.05) is 0 Å². The number of carboxylic acids is 1. The lowest BCUT2D eigenvalue weighted by Gasteiger charge is -2.06. The molecule has 3 heteroatoms. The van der Waals surface area contributed by atoms with Gasteiger partial charge in [-0.05, 0) is 36.3 Å². The summed E-state index contributed by atoms with van der Waals surface area (Å²) in [6.07, 6.45) is 0.882. The van der Waals surface area contributed by atoms with Crippen molar-refractivity contribution in [2.24, 2.45) is 0 Å². The summed E-state index contributed by atoms with van der Waals surface area (Å²) in [4.78, 5) is 10.6. The average molecular weight is 206 g/mol. The predicted octanol–water partition coefficient (Wildman–Crippen LogP) is 2.73. The molecule has 0 bridgehead atoms. The topological polar surface area (TPSA) is 46.5 Å². The molecular formula is C12H14O3. The largest absolute Gasteiger partial charge is 0.489 e. The second-order valence-corrected chi connectivity index (χ2v) is 3.22. The third-order valence-corrected chi connectivity index (χ3v) is 2.04. The third kappa shape index (κ3) is 3.46. The molecule has 15 heavy (non-hydrogen) atoms. The van der Waals surface area contributed by atoms with Crippen molar-refractivity contribution < 1.29 is 14.6 Å². The molecule has 1 rings (SSSR count). The highest BCUT2D eigenvalue weighted by molar-refractivity contribution is 5.87. The summed E-state index contributed by atoms with van der Waals surface area (Å²) >= 11 is 0. The van der Waals surface area contributed by atoms with Crippen LogP contribution in [0.2, 0.25) is 0 Å². The van der Waals surface area contributed by atoms with Crippen molar-refractivity contribution in [2.75, 3.05) is 6.61 Å². The van der Waals surface area contributed by atoms with Crippen LogP contribution in [-0.2, 0) is 0 Å². The highest BCUT2D eigenvalue weighted by Gasteiger charge is 2.02. The van der Waals surface area contributed by atoms with Crippen molar-refractivity contribution in [2.45, 2.75) is 13.3 Å². The van der Waals surface area contributed by atoms with E-state index in [1.807, 2.05) is 6.92 Å². The molecule has 0 amide bonds. The van der Waals surface area contributed by atoms with Gasteiger partial charge >= 0.3 is 5.97 Å². The molecule has 1 aromatic carbocycles. The fourth-order valence-electron chi connectivity index (χ4n) is 0.981. The van der Waals surface area contributed by atoms with Crippen molar-refractivity contribution in [3.63, 3.8) is 0 Å². The van der Waals surface area contributed by atoms with Crippen molar-refractivity contribution in [1.82, 2.24) is 0 Å². The molecule has 0 spiro atoms. The Labute approximate surface area is 89.0 Å². The summed E-state index contributed by atoms with van der Waals surface area (Å²) in [7, 11) is 0. The van der Waals surface area contributed by atoms with Crippen LogP contribution in [0.3, 0.4) is 0 Å². The summed E-state index contributed by atoms with van der Waals surface area (Å²) in [6.45, 7) is 6.30. The minimum Gasteiger partial charge on any atom is -0.489 e. The van der Waals surface area contributed by atoms with Gasteiger partial charge < -0.3 is 9.84 Å². The SMILES string of the molecule is C=C(CC)COc1ccc(C(=O)O)cc1. The van der Waals surface area contributed by atoms with Gasteiger partial charge in [0.1, 0.15) is 12.4 Å². The standard InChI is InChI=1S/C12H14O3/c1-3-9(2)8-15-11-6-4-10(5-7-11)12(13)14/h4-7H,2-3,8H2,1H3,(H,13,14). The molecule has 0 aliphatic rings. The van der Waals surface area contributed by atoms with E-state index in [1.54, 1.807) is 12.1 Å². The number of benzene rings is 1. The van der Waals surface area contributed by atoms with Crippen LogP contribution in [0.25, 0.3) is 0 Å². The van der Waals surface area contributed by atoms with E-state index in [-0.39, 0.29) is 5.56 Å². The molecule has 0 aliphatic carbocycles. The van der Waals surface area contributed by atoms with E-state index in [0.717, 1.165) is 12.0 Å². The first kappa shape index (κ1) is 11.3. The Morgan fingerprint density at radius 3 is 2.47 bits per heavy atom. The van der Waals surface area contributed by atoms with E-state index >= 15 is 0 Å². The minimum absolute atomic E-state index is 0.261. The van der Waals surface area contributed by atoms with Crippen LogP contribution in [0.5, 0.6) is 5.75 Å². The fraction of sp³-hybridized carbons (Fsp3) is 0.250. The van der Waals surface area contributed by atoms with Gasteiger partial charge in [-0.25, -0.2) is 4.79 Å². The van der Waals surface area contributed by atoms with Gasteiger partial charge in [0.15, 0.2) is 0 Å². The Bertz CT molecular complexity index is 352. The molecule has 0 atom stereocenters. The lowest BCUT2D eigenvalue weighted by molar-refractivity contribution is 0.0697. The summed E-state index contributed by atoms with van der Waals surface area (Å²) in [5, 5.41) is 8.68. The quantitative estimate of drug-likeness (QED) is 0.753. The van der Waals surface area contributed by atoms with E-state index < -0.39 is 5.97 Å². The number of rotatable bonds is 5. The van der Waals surface area contributed by atoms with Gasteiger partial charge in [-0.1, -0.05) is 13.5 Å². The Morgan fingerprint density at radius 1 is 1.40 bits per heavy atom. The van der Waals surface area contributed by atoms with E-state index in [9.17, 15) is 4.79 Å². The number of ether oxygens (including phenoxy) is 1. The molecule has 1 aromatic rings. The lowest BCUT2D eigenvalue weighted by Crippen LogP contribution is -2.00. The zero-order valence-electron chi connectivity index (χ0n) is 8.69. The van der Waals surface area contributed by atoms with E-state index in [1.165, 1.54) is 12.1 Å². The van der Waals surface area contributed by atoms with Gasteiger partial charge in [0.2, 0.25) is 0 Å². The summed E-state index contributed by atoms with van der Waals surface area (Å²) in [6, 6.07) is 6.33. The van der Waals surface area contributed by atoms with Gasteiger partial charge in [-0.2, -0.15) is 0 Å². The molecule has 0 saturated carbocycles.